The molecule has 1 N–H and O–H groups in total. The molecule has 0 aliphatic carbocycles. The maximum absolute atomic E-state index is 14.1. The summed E-state index contributed by atoms with van der Waals surface area (Å²) in [5.41, 5.74) is 4.76. The van der Waals surface area contributed by atoms with Crippen LogP contribution in [0.4, 0.5) is 5.95 Å². The molecule has 44 heavy (non-hydrogen) atoms. The monoisotopic (exact) mass is 611 g/mol. The molecule has 0 saturated carbocycles. The standard InChI is InChI=1S/C33H37N7O3S/c1-4-8-24-18-34-33(35-25-17-23-13-15-39(19-25)16-14-23)37-31(24)28-20-40(44(41,42)26-9-6-5-7-10-26)32-27(28)11-12-29(36-32)30-21(2)38-43-22(30)3/h5-7,9-12,18,20,23,25H,4,8,13-17,19H2,1-3H3,(H,34,35,37). The Balaban J connectivity index is 1.39. The van der Waals surface area contributed by atoms with Crippen LogP contribution in [0.5, 0.6) is 0 Å². The molecular weight excluding hydrogens is 574 g/mol. The minimum Gasteiger partial charge on any atom is -0.361 e. The molecule has 0 spiro atoms. The van der Waals surface area contributed by atoms with Crippen molar-refractivity contribution >= 4 is 27.0 Å². The van der Waals surface area contributed by atoms with Gasteiger partial charge < -0.3 is 14.7 Å². The third-order valence-corrected chi connectivity index (χ3v) is 10.6. The lowest BCUT2D eigenvalue weighted by molar-refractivity contribution is 0.223. The van der Waals surface area contributed by atoms with Crippen molar-refractivity contribution in [1.29, 1.82) is 0 Å². The molecule has 1 atom stereocenters. The fraction of sp³-hybridized carbons (Fsp3) is 0.394. The molecule has 3 aliphatic heterocycles. The lowest BCUT2D eigenvalue weighted by atomic mass is 9.94. The zero-order chi connectivity index (χ0) is 30.4. The Bertz CT molecular complexity index is 1890. The Labute approximate surface area is 257 Å². The van der Waals surface area contributed by atoms with Crippen molar-refractivity contribution in [1.82, 2.24) is 29.0 Å². The van der Waals surface area contributed by atoms with Crippen molar-refractivity contribution in [3.63, 3.8) is 0 Å². The van der Waals surface area contributed by atoms with Crippen molar-refractivity contribution in [2.45, 2.75) is 63.8 Å². The first kappa shape index (κ1) is 28.7. The third kappa shape index (κ3) is 5.17. The van der Waals surface area contributed by atoms with Crippen molar-refractivity contribution in [2.75, 3.05) is 25.0 Å². The number of fused-ring (bicyclic) bond motifs is 5. The first-order valence-corrected chi connectivity index (χ1v) is 16.9. The molecule has 228 valence electrons. The smallest absolute Gasteiger partial charge is 0.269 e. The van der Waals surface area contributed by atoms with Gasteiger partial charge in [0.15, 0.2) is 5.65 Å². The molecule has 8 rings (SSSR count). The molecular formula is C33H37N7O3S. The predicted molar refractivity (Wildman–Crippen MR) is 170 cm³/mol. The highest BCUT2D eigenvalue weighted by atomic mass is 32.2. The third-order valence-electron chi connectivity index (χ3n) is 8.99. The van der Waals surface area contributed by atoms with Gasteiger partial charge in [-0.3, -0.25) is 0 Å². The first-order valence-electron chi connectivity index (χ1n) is 15.4. The molecule has 4 aromatic heterocycles. The lowest BCUT2D eigenvalue weighted by Gasteiger charge is -2.26. The molecule has 0 radical (unpaired) electrons. The molecule has 3 aliphatic rings. The van der Waals surface area contributed by atoms with E-state index >= 15 is 0 Å². The van der Waals surface area contributed by atoms with Gasteiger partial charge in [-0.05, 0) is 88.4 Å². The highest BCUT2D eigenvalue weighted by Crippen LogP contribution is 2.36. The van der Waals surface area contributed by atoms with Crippen LogP contribution < -0.4 is 5.32 Å². The van der Waals surface area contributed by atoms with Gasteiger partial charge in [0.25, 0.3) is 10.0 Å². The molecule has 11 heteroatoms. The largest absolute Gasteiger partial charge is 0.361 e. The van der Waals surface area contributed by atoms with E-state index in [0.717, 1.165) is 61.6 Å². The van der Waals surface area contributed by atoms with Gasteiger partial charge in [-0.25, -0.2) is 27.3 Å². The lowest BCUT2D eigenvalue weighted by Crippen LogP contribution is -2.35. The van der Waals surface area contributed by atoms with Gasteiger partial charge >= 0.3 is 0 Å². The summed E-state index contributed by atoms with van der Waals surface area (Å²) in [6.07, 6.45) is 8.82. The van der Waals surface area contributed by atoms with Crippen LogP contribution in [-0.4, -0.2) is 63.1 Å². The Kier molecular flexibility index (Phi) is 7.45. The van der Waals surface area contributed by atoms with Gasteiger partial charge in [0.05, 0.1) is 27.5 Å². The van der Waals surface area contributed by atoms with E-state index in [1.807, 2.05) is 32.2 Å². The average Bonchev–Trinajstić information content (AvgIpc) is 3.43. The molecule has 10 nitrogen and oxygen atoms in total. The highest BCUT2D eigenvalue weighted by molar-refractivity contribution is 7.90. The maximum Gasteiger partial charge on any atom is 0.269 e. The minimum absolute atomic E-state index is 0.185. The summed E-state index contributed by atoms with van der Waals surface area (Å²) in [7, 11) is -3.98. The Morgan fingerprint density at radius 3 is 2.57 bits per heavy atom. The molecule has 3 fully saturated rings. The van der Waals surface area contributed by atoms with E-state index in [-0.39, 0.29) is 10.9 Å². The summed E-state index contributed by atoms with van der Waals surface area (Å²) in [6, 6.07) is 12.5. The molecule has 7 heterocycles. The van der Waals surface area contributed by atoms with Crippen LogP contribution in [0, 0.1) is 19.8 Å². The normalized spacial score (nSPS) is 20.2. The molecule has 1 aromatic carbocycles. The fourth-order valence-electron chi connectivity index (χ4n) is 6.78. The number of hydrogen-bond acceptors (Lipinski definition) is 9. The van der Waals surface area contributed by atoms with E-state index in [4.69, 9.17) is 19.5 Å². The van der Waals surface area contributed by atoms with E-state index in [1.54, 1.807) is 36.5 Å². The van der Waals surface area contributed by atoms with Gasteiger partial charge in [-0.2, -0.15) is 0 Å². The van der Waals surface area contributed by atoms with E-state index < -0.39 is 10.0 Å². The number of pyridine rings is 1. The summed E-state index contributed by atoms with van der Waals surface area (Å²) in [4.78, 5) is 17.4. The van der Waals surface area contributed by atoms with Gasteiger partial charge in [0, 0.05) is 35.9 Å². The number of anilines is 1. The Morgan fingerprint density at radius 1 is 1.05 bits per heavy atom. The number of nitrogens with zero attached hydrogens (tertiary/aromatic N) is 6. The maximum atomic E-state index is 14.1. The topological polar surface area (TPSA) is 119 Å². The second kappa shape index (κ2) is 11.4. The zero-order valence-corrected chi connectivity index (χ0v) is 26.1. The van der Waals surface area contributed by atoms with Crippen LogP contribution in [0.2, 0.25) is 0 Å². The van der Waals surface area contributed by atoms with Crippen LogP contribution in [0.15, 0.2) is 64.3 Å². The molecule has 3 saturated heterocycles. The SMILES string of the molecule is CCCc1cnc(NC2CC3CCN(CC3)C2)nc1-c1cn(S(=O)(=O)c2ccccc2)c2nc(-c3c(C)noc3C)ccc12. The summed E-state index contributed by atoms with van der Waals surface area (Å²) in [6.45, 7) is 9.09. The van der Waals surface area contributed by atoms with Gasteiger partial charge in [0.1, 0.15) is 5.76 Å². The zero-order valence-electron chi connectivity index (χ0n) is 25.3. The number of rotatable bonds is 8. The van der Waals surface area contributed by atoms with Crippen LogP contribution in [0.25, 0.3) is 33.5 Å². The van der Waals surface area contributed by atoms with Crippen molar-refractivity contribution in [3.8, 4) is 22.5 Å². The number of benzene rings is 1. The summed E-state index contributed by atoms with van der Waals surface area (Å²) in [5, 5.41) is 8.41. The van der Waals surface area contributed by atoms with Gasteiger partial charge in [-0.1, -0.05) is 36.7 Å². The predicted octanol–water partition coefficient (Wildman–Crippen LogP) is 5.85. The minimum atomic E-state index is -3.98. The van der Waals surface area contributed by atoms with E-state index in [1.165, 1.54) is 16.8 Å². The van der Waals surface area contributed by atoms with E-state index in [9.17, 15) is 8.42 Å². The van der Waals surface area contributed by atoms with Crippen molar-refractivity contribution in [3.05, 3.63) is 71.9 Å². The van der Waals surface area contributed by atoms with Gasteiger partial charge in [-0.15, -0.1) is 0 Å². The number of aryl methyl sites for hydroxylation is 3. The van der Waals surface area contributed by atoms with Crippen LogP contribution in [0.3, 0.4) is 0 Å². The van der Waals surface area contributed by atoms with E-state index in [0.29, 0.717) is 39.7 Å². The fourth-order valence-corrected chi connectivity index (χ4v) is 8.12. The molecule has 0 amide bonds. The van der Waals surface area contributed by atoms with E-state index in [2.05, 4.69) is 22.3 Å². The Morgan fingerprint density at radius 2 is 1.84 bits per heavy atom. The summed E-state index contributed by atoms with van der Waals surface area (Å²) in [5.74, 6) is 1.92. The highest BCUT2D eigenvalue weighted by Gasteiger charge is 2.30. The number of hydrogen-bond donors (Lipinski definition) is 1. The quantitative estimate of drug-likeness (QED) is 0.230. The first-order chi connectivity index (χ1) is 21.3. The molecule has 2 bridgehead atoms. The second-order valence-electron chi connectivity index (χ2n) is 12.1. The van der Waals surface area contributed by atoms with Crippen molar-refractivity contribution < 1.29 is 12.9 Å². The summed E-state index contributed by atoms with van der Waals surface area (Å²) >= 11 is 0. The summed E-state index contributed by atoms with van der Waals surface area (Å²) < 4.78 is 34.9. The number of nitrogens with one attached hydrogen (secondary N) is 1. The van der Waals surface area contributed by atoms with Crippen LogP contribution in [-0.2, 0) is 16.4 Å². The average molecular weight is 612 g/mol. The number of aromatic nitrogens is 5. The molecule has 5 aromatic rings. The Hall–Kier alpha value is -4.09. The van der Waals surface area contributed by atoms with Crippen LogP contribution in [0.1, 0.15) is 49.6 Å². The van der Waals surface area contributed by atoms with Crippen LogP contribution >= 0.6 is 0 Å². The van der Waals surface area contributed by atoms with Gasteiger partial charge in [0.2, 0.25) is 5.95 Å². The number of piperidine rings is 1. The molecule has 1 unspecified atom stereocenters. The van der Waals surface area contributed by atoms with Crippen molar-refractivity contribution in [2.24, 2.45) is 5.92 Å². The second-order valence-corrected chi connectivity index (χ2v) is 13.9.